The number of anilines is 1. The molecule has 2 aromatic carbocycles. The molecule has 29 heavy (non-hydrogen) atoms. The Morgan fingerprint density at radius 2 is 1.69 bits per heavy atom. The summed E-state index contributed by atoms with van der Waals surface area (Å²) < 4.78 is 34.1. The van der Waals surface area contributed by atoms with Crippen LogP contribution in [0.3, 0.4) is 0 Å². The molecule has 0 bridgehead atoms. The number of benzene rings is 2. The Kier molecular flexibility index (Phi) is 6.98. The lowest BCUT2D eigenvalue weighted by Gasteiger charge is -2.30. The zero-order valence-electron chi connectivity index (χ0n) is 15.6. The summed E-state index contributed by atoms with van der Waals surface area (Å²) in [7, 11) is 0. The number of hydrogen-bond donors (Lipinski definition) is 0. The van der Waals surface area contributed by atoms with Crippen LogP contribution in [0.15, 0.2) is 42.5 Å². The molecule has 0 spiro atoms. The number of halogens is 3. The van der Waals surface area contributed by atoms with Crippen molar-refractivity contribution >= 4 is 38.1 Å². The van der Waals surface area contributed by atoms with Gasteiger partial charge in [-0.1, -0.05) is 37.0 Å². The molecule has 2 amide bonds. The van der Waals surface area contributed by atoms with Gasteiger partial charge in [0.1, 0.15) is 5.69 Å². The van der Waals surface area contributed by atoms with Crippen molar-refractivity contribution < 1.29 is 23.1 Å². The lowest BCUT2D eigenvalue weighted by molar-refractivity contribution is -0.126. The van der Waals surface area contributed by atoms with Gasteiger partial charge in [0.2, 0.25) is 5.91 Å². The van der Waals surface area contributed by atoms with Gasteiger partial charge in [-0.25, -0.2) is 13.7 Å². The second-order valence-electron chi connectivity index (χ2n) is 6.91. The predicted molar refractivity (Wildman–Crippen MR) is 114 cm³/mol. The average Bonchev–Trinajstić information content (AvgIpc) is 2.69. The van der Waals surface area contributed by atoms with E-state index in [1.165, 1.54) is 22.6 Å². The molecule has 1 fully saturated rings. The van der Waals surface area contributed by atoms with Crippen molar-refractivity contribution in [3.63, 3.8) is 0 Å². The van der Waals surface area contributed by atoms with Crippen LogP contribution in [0.2, 0.25) is 0 Å². The maximum atomic E-state index is 14.8. The maximum absolute atomic E-state index is 14.8. The molecule has 1 aliphatic heterocycles. The molecule has 1 saturated heterocycles. The molecule has 150 valence electrons. The SMILES string of the molecule is CC1COCC(C(=O)N(C(=O)I)c2c(F)cc(C#Cc3ccccc3)cc2F)C1. The normalized spacial score (nSPS) is 18.5. The fourth-order valence-electron chi connectivity index (χ4n) is 3.19. The zero-order chi connectivity index (χ0) is 21.0. The van der Waals surface area contributed by atoms with E-state index in [0.717, 1.165) is 12.1 Å². The molecule has 2 aromatic rings. The summed E-state index contributed by atoms with van der Waals surface area (Å²) in [5.41, 5.74) is 0.122. The molecule has 0 N–H and O–H groups in total. The van der Waals surface area contributed by atoms with E-state index in [4.69, 9.17) is 4.74 Å². The lowest BCUT2D eigenvalue weighted by atomic mass is 9.93. The van der Waals surface area contributed by atoms with E-state index in [1.807, 2.05) is 13.0 Å². The minimum Gasteiger partial charge on any atom is -0.380 e. The van der Waals surface area contributed by atoms with Crippen LogP contribution in [-0.2, 0) is 9.53 Å². The topological polar surface area (TPSA) is 46.6 Å². The van der Waals surface area contributed by atoms with E-state index in [0.29, 0.717) is 23.5 Å². The first-order valence-corrected chi connectivity index (χ1v) is 10.1. The van der Waals surface area contributed by atoms with Crippen molar-refractivity contribution in [2.45, 2.75) is 13.3 Å². The molecule has 2 atom stereocenters. The number of nitrogens with zero attached hydrogens (tertiary/aromatic N) is 1. The Balaban J connectivity index is 1.92. The molecule has 0 aromatic heterocycles. The highest BCUT2D eigenvalue weighted by Gasteiger charge is 2.35. The summed E-state index contributed by atoms with van der Waals surface area (Å²) in [5.74, 6) is 2.29. The Hall–Kier alpha value is -2.31. The first-order valence-electron chi connectivity index (χ1n) is 9.04. The third-order valence-corrected chi connectivity index (χ3v) is 5.00. The van der Waals surface area contributed by atoms with E-state index in [2.05, 4.69) is 11.8 Å². The third kappa shape index (κ3) is 5.19. The second kappa shape index (κ2) is 9.46. The van der Waals surface area contributed by atoms with Crippen LogP contribution in [-0.4, -0.2) is 23.0 Å². The molecule has 1 aliphatic rings. The highest BCUT2D eigenvalue weighted by molar-refractivity contribution is 14.1. The molecule has 7 heteroatoms. The number of rotatable bonds is 2. The average molecular weight is 509 g/mol. The van der Waals surface area contributed by atoms with Gasteiger partial charge < -0.3 is 4.74 Å². The fraction of sp³-hybridized carbons (Fsp3) is 0.273. The van der Waals surface area contributed by atoms with Gasteiger partial charge in [-0.15, -0.1) is 0 Å². The molecule has 3 rings (SSSR count). The van der Waals surface area contributed by atoms with Gasteiger partial charge in [-0.05, 0) is 36.6 Å². The van der Waals surface area contributed by atoms with Crippen molar-refractivity contribution in [1.29, 1.82) is 0 Å². The van der Waals surface area contributed by atoms with Crippen LogP contribution in [0.4, 0.5) is 19.3 Å². The van der Waals surface area contributed by atoms with Crippen molar-refractivity contribution in [2.75, 3.05) is 18.1 Å². The molecule has 0 radical (unpaired) electrons. The Labute approximate surface area is 181 Å². The zero-order valence-corrected chi connectivity index (χ0v) is 17.8. The molecule has 0 aliphatic carbocycles. The third-order valence-electron chi connectivity index (χ3n) is 4.52. The molecule has 0 saturated carbocycles. The standard InChI is InChI=1S/C22H18F2INO3/c1-14-9-17(13-29-12-14)21(27)26(22(25)28)20-18(23)10-16(11-19(20)24)8-7-15-5-3-2-4-6-15/h2-6,10-11,14,17H,9,12-13H2,1H3. The van der Waals surface area contributed by atoms with E-state index in [-0.39, 0.29) is 18.1 Å². The Morgan fingerprint density at radius 1 is 1.07 bits per heavy atom. The van der Waals surface area contributed by atoms with Crippen LogP contribution < -0.4 is 4.90 Å². The summed E-state index contributed by atoms with van der Waals surface area (Å²) >= 11 is 1.36. The van der Waals surface area contributed by atoms with Crippen molar-refractivity contribution in [3.05, 3.63) is 65.2 Å². The molecule has 1 heterocycles. The number of carbonyl (C=O) groups excluding carboxylic acids is 2. The van der Waals surface area contributed by atoms with Crippen LogP contribution in [0, 0.1) is 35.3 Å². The molecule has 4 nitrogen and oxygen atoms in total. The minimum atomic E-state index is -1.02. The van der Waals surface area contributed by atoms with E-state index < -0.39 is 33.1 Å². The predicted octanol–water partition coefficient (Wildman–Crippen LogP) is 4.93. The maximum Gasteiger partial charge on any atom is 0.294 e. The van der Waals surface area contributed by atoms with Crippen molar-refractivity contribution in [2.24, 2.45) is 11.8 Å². The number of ether oxygens (including phenoxy) is 1. The number of amides is 2. The number of carbonyl (C=O) groups is 2. The second-order valence-corrected chi connectivity index (χ2v) is 7.83. The van der Waals surface area contributed by atoms with Gasteiger partial charge in [0.05, 0.1) is 12.5 Å². The minimum absolute atomic E-state index is 0.107. The lowest BCUT2D eigenvalue weighted by Crippen LogP contribution is -2.43. The fourth-order valence-corrected chi connectivity index (χ4v) is 3.67. The van der Waals surface area contributed by atoms with Gasteiger partial charge >= 0.3 is 0 Å². The first kappa shape index (κ1) is 21.4. The monoisotopic (exact) mass is 509 g/mol. The van der Waals surface area contributed by atoms with Gasteiger partial charge in [0, 0.05) is 40.3 Å². The highest BCUT2D eigenvalue weighted by Crippen LogP contribution is 2.30. The summed E-state index contributed by atoms with van der Waals surface area (Å²) in [6, 6.07) is 11.0. The summed E-state index contributed by atoms with van der Waals surface area (Å²) in [6.07, 6.45) is 0.489. The van der Waals surface area contributed by atoms with Crippen LogP contribution in [0.5, 0.6) is 0 Å². The number of hydrogen-bond acceptors (Lipinski definition) is 3. The smallest absolute Gasteiger partial charge is 0.294 e. The van der Waals surface area contributed by atoms with Gasteiger partial charge in [-0.3, -0.25) is 9.59 Å². The molecule has 2 unspecified atom stereocenters. The van der Waals surface area contributed by atoms with Gasteiger partial charge in [0.15, 0.2) is 11.6 Å². The molecular formula is C22H18F2INO3. The Bertz CT molecular complexity index is 962. The van der Waals surface area contributed by atoms with Crippen molar-refractivity contribution in [3.8, 4) is 11.8 Å². The first-order chi connectivity index (χ1) is 13.9. The largest absolute Gasteiger partial charge is 0.380 e. The summed E-state index contributed by atoms with van der Waals surface area (Å²) in [5, 5.41) is 0. The highest BCUT2D eigenvalue weighted by atomic mass is 127. The van der Waals surface area contributed by atoms with Crippen LogP contribution in [0.1, 0.15) is 24.5 Å². The Morgan fingerprint density at radius 3 is 2.28 bits per heavy atom. The van der Waals surface area contributed by atoms with Gasteiger partial charge in [-0.2, -0.15) is 0 Å². The van der Waals surface area contributed by atoms with Crippen molar-refractivity contribution in [1.82, 2.24) is 0 Å². The van der Waals surface area contributed by atoms with E-state index in [1.54, 1.807) is 24.3 Å². The van der Waals surface area contributed by atoms with Crippen LogP contribution in [0.25, 0.3) is 0 Å². The van der Waals surface area contributed by atoms with E-state index in [9.17, 15) is 18.4 Å². The van der Waals surface area contributed by atoms with E-state index >= 15 is 0 Å². The summed E-state index contributed by atoms with van der Waals surface area (Å²) in [4.78, 5) is 25.5. The quantitative estimate of drug-likeness (QED) is 0.250. The van der Waals surface area contributed by atoms with Crippen LogP contribution >= 0.6 is 22.6 Å². The van der Waals surface area contributed by atoms with Gasteiger partial charge in [0.25, 0.3) is 3.91 Å². The molecular weight excluding hydrogens is 491 g/mol. The summed E-state index contributed by atoms with van der Waals surface area (Å²) in [6.45, 7) is 2.55. The number of imide groups is 1.